The molecule has 3 N–H and O–H groups in total. The van der Waals surface area contributed by atoms with Gasteiger partial charge in [-0.2, -0.15) is 22.8 Å². The van der Waals surface area contributed by atoms with E-state index in [4.69, 9.17) is 9.98 Å². The first-order chi connectivity index (χ1) is 17.7. The number of pyridine rings is 1. The number of fused-ring (bicyclic) bond motifs is 1. The summed E-state index contributed by atoms with van der Waals surface area (Å²) in [4.78, 5) is 33.9. The van der Waals surface area contributed by atoms with Crippen molar-refractivity contribution in [2.75, 3.05) is 36.0 Å². The van der Waals surface area contributed by atoms with Gasteiger partial charge in [0.2, 0.25) is 5.88 Å². The Kier molecular flexibility index (Phi) is 5.38. The first kappa shape index (κ1) is 23.1. The summed E-state index contributed by atoms with van der Waals surface area (Å²) in [6.45, 7) is 1.96. The van der Waals surface area contributed by atoms with Crippen LogP contribution < -0.4 is 26.2 Å². The van der Waals surface area contributed by atoms with Crippen LogP contribution in [0.5, 0.6) is 5.88 Å². The van der Waals surface area contributed by atoms with Crippen molar-refractivity contribution < 1.29 is 18.3 Å². The zero-order valence-corrected chi connectivity index (χ0v) is 19.4. The van der Waals surface area contributed by atoms with Crippen molar-refractivity contribution in [3.63, 3.8) is 0 Å². The molecule has 0 bridgehead atoms. The van der Waals surface area contributed by atoms with E-state index in [9.17, 15) is 23.1 Å². The fourth-order valence-electron chi connectivity index (χ4n) is 4.28. The molecular formula is C23H22F3N9O2. The highest BCUT2D eigenvalue weighted by molar-refractivity contribution is 5.58. The van der Waals surface area contributed by atoms with Gasteiger partial charge in [-0.15, -0.1) is 0 Å². The summed E-state index contributed by atoms with van der Waals surface area (Å²) in [6.07, 6.45) is 1.91. The van der Waals surface area contributed by atoms with Crippen LogP contribution in [-0.4, -0.2) is 66.9 Å². The van der Waals surface area contributed by atoms with Gasteiger partial charge in [0.15, 0.2) is 11.1 Å². The molecule has 2 fully saturated rings. The molecule has 0 radical (unpaired) electrons. The molecule has 192 valence electrons. The molecule has 14 heteroatoms. The summed E-state index contributed by atoms with van der Waals surface area (Å²) in [5, 5.41) is 15.0. The van der Waals surface area contributed by atoms with Gasteiger partial charge in [0.25, 0.3) is 0 Å². The Morgan fingerprint density at radius 1 is 1.08 bits per heavy atom. The molecule has 0 atom stereocenters. The number of anilines is 2. The lowest BCUT2D eigenvalue weighted by atomic mass is 10.2. The lowest BCUT2D eigenvalue weighted by Crippen LogP contribution is -2.47. The SMILES string of the molecule is O=c1[nH]c(O)c(/C=c2/cnn3c(=NC4CC4)cc(N4CCN(c5cc(C(F)(F)F)ccn5)CC4)nc23)[nH]1. The summed E-state index contributed by atoms with van der Waals surface area (Å²) in [7, 11) is 0. The van der Waals surface area contributed by atoms with Crippen LogP contribution in [0.4, 0.5) is 24.8 Å². The number of rotatable bonds is 4. The third kappa shape index (κ3) is 4.61. The van der Waals surface area contributed by atoms with Gasteiger partial charge < -0.3 is 19.9 Å². The highest BCUT2D eigenvalue weighted by Gasteiger charge is 2.31. The molecule has 11 nitrogen and oxygen atoms in total. The monoisotopic (exact) mass is 513 g/mol. The van der Waals surface area contributed by atoms with Crippen LogP contribution in [0.3, 0.4) is 0 Å². The molecule has 0 aromatic carbocycles. The largest absolute Gasteiger partial charge is 0.493 e. The number of aromatic amines is 2. The molecule has 0 spiro atoms. The zero-order chi connectivity index (χ0) is 25.7. The van der Waals surface area contributed by atoms with Gasteiger partial charge in [-0.05, 0) is 31.1 Å². The second kappa shape index (κ2) is 8.64. The number of nitrogens with one attached hydrogen (secondary N) is 2. The highest BCUT2D eigenvalue weighted by Crippen LogP contribution is 2.31. The van der Waals surface area contributed by atoms with Gasteiger partial charge in [0.05, 0.1) is 17.8 Å². The fourth-order valence-corrected chi connectivity index (χ4v) is 4.28. The number of alkyl halides is 3. The average Bonchev–Trinajstić information content (AvgIpc) is 3.51. The highest BCUT2D eigenvalue weighted by atomic mass is 19.4. The number of H-pyrrole nitrogens is 2. The number of hydrogen-bond donors (Lipinski definition) is 3. The third-order valence-electron chi connectivity index (χ3n) is 6.36. The molecular weight excluding hydrogens is 491 g/mol. The topological polar surface area (TPSA) is 131 Å². The van der Waals surface area contributed by atoms with E-state index in [0.29, 0.717) is 48.4 Å². The number of piperazine rings is 1. The van der Waals surface area contributed by atoms with Crippen LogP contribution in [-0.2, 0) is 6.18 Å². The van der Waals surface area contributed by atoms with Gasteiger partial charge >= 0.3 is 11.9 Å². The lowest BCUT2D eigenvalue weighted by molar-refractivity contribution is -0.137. The minimum absolute atomic E-state index is 0.204. The Labute approximate surface area is 206 Å². The van der Waals surface area contributed by atoms with Crippen LogP contribution in [0.1, 0.15) is 24.1 Å². The van der Waals surface area contributed by atoms with Crippen molar-refractivity contribution in [3.8, 4) is 5.88 Å². The maximum Gasteiger partial charge on any atom is 0.416 e. The Morgan fingerprint density at radius 2 is 1.81 bits per heavy atom. The number of imidazole rings is 1. The average molecular weight is 513 g/mol. The van der Waals surface area contributed by atoms with Crippen LogP contribution in [0.2, 0.25) is 0 Å². The first-order valence-corrected chi connectivity index (χ1v) is 11.7. The van der Waals surface area contributed by atoms with Gasteiger partial charge in [-0.3, -0.25) is 9.98 Å². The minimum atomic E-state index is -4.43. The van der Waals surface area contributed by atoms with Crippen molar-refractivity contribution in [3.05, 3.63) is 63.0 Å². The van der Waals surface area contributed by atoms with E-state index in [1.54, 1.807) is 16.8 Å². The zero-order valence-electron chi connectivity index (χ0n) is 19.4. The van der Waals surface area contributed by atoms with Crippen LogP contribution in [0.25, 0.3) is 11.7 Å². The van der Waals surface area contributed by atoms with Crippen molar-refractivity contribution >= 4 is 23.4 Å². The number of hydrogen-bond acceptors (Lipinski definition) is 8. The van der Waals surface area contributed by atoms with Crippen molar-refractivity contribution in [1.82, 2.24) is 29.5 Å². The Bertz CT molecular complexity index is 1640. The van der Waals surface area contributed by atoms with E-state index in [0.717, 1.165) is 25.0 Å². The fraction of sp³-hybridized carbons (Fsp3) is 0.348. The molecule has 1 saturated heterocycles. The van der Waals surface area contributed by atoms with E-state index < -0.39 is 17.4 Å². The van der Waals surface area contributed by atoms with Crippen molar-refractivity contribution in [2.24, 2.45) is 4.99 Å². The molecule has 4 aromatic rings. The molecule has 6 rings (SSSR count). The summed E-state index contributed by atoms with van der Waals surface area (Å²) in [5.74, 6) is 0.656. The van der Waals surface area contributed by atoms with Crippen LogP contribution >= 0.6 is 0 Å². The summed E-state index contributed by atoms with van der Waals surface area (Å²) < 4.78 is 41.0. The van der Waals surface area contributed by atoms with Crippen molar-refractivity contribution in [2.45, 2.75) is 25.1 Å². The second-order valence-corrected chi connectivity index (χ2v) is 9.03. The predicted molar refractivity (Wildman–Crippen MR) is 127 cm³/mol. The molecule has 5 heterocycles. The minimum Gasteiger partial charge on any atom is -0.493 e. The number of aromatic nitrogens is 6. The first-order valence-electron chi connectivity index (χ1n) is 11.7. The summed E-state index contributed by atoms with van der Waals surface area (Å²) >= 11 is 0. The maximum atomic E-state index is 13.1. The van der Waals surface area contributed by atoms with E-state index in [1.165, 1.54) is 6.20 Å². The Hall–Kier alpha value is -4.36. The number of nitrogens with zero attached hydrogens (tertiary/aromatic N) is 7. The molecule has 0 amide bonds. The van der Waals surface area contributed by atoms with Crippen LogP contribution in [0.15, 0.2) is 40.4 Å². The predicted octanol–water partition coefficient (Wildman–Crippen LogP) is 0.803. The normalized spacial score (nSPS) is 17.8. The number of aromatic hydroxyl groups is 1. The Balaban J connectivity index is 1.33. The molecule has 1 aliphatic heterocycles. The molecule has 4 aromatic heterocycles. The molecule has 1 saturated carbocycles. The maximum absolute atomic E-state index is 13.1. The Morgan fingerprint density at radius 3 is 2.46 bits per heavy atom. The standard InChI is InChI=1S/C23H22F3N9O2/c24-23(25,26)14-3-4-27-17(10-14)33-5-7-34(8-6-33)18-11-19(29-15-1-2-15)35-20(31-18)13(12-28-35)9-16-21(36)32-22(37)30-16/h3-4,9-12,15,36H,1-2,5-8H2,(H2,30,32,37)/b13-9-,29-19?. The smallest absolute Gasteiger partial charge is 0.416 e. The second-order valence-electron chi connectivity index (χ2n) is 9.03. The van der Waals surface area contributed by atoms with Gasteiger partial charge in [0.1, 0.15) is 17.3 Å². The third-order valence-corrected chi connectivity index (χ3v) is 6.36. The van der Waals surface area contributed by atoms with Crippen molar-refractivity contribution in [1.29, 1.82) is 0 Å². The van der Waals surface area contributed by atoms with Gasteiger partial charge in [0, 0.05) is 43.7 Å². The molecule has 37 heavy (non-hydrogen) atoms. The van der Waals surface area contributed by atoms with Gasteiger partial charge in [-0.1, -0.05) is 0 Å². The lowest BCUT2D eigenvalue weighted by Gasteiger charge is -2.36. The van der Waals surface area contributed by atoms with Crippen LogP contribution in [0, 0.1) is 0 Å². The van der Waals surface area contributed by atoms with E-state index in [-0.39, 0.29) is 23.4 Å². The number of halogens is 3. The van der Waals surface area contributed by atoms with Gasteiger partial charge in [-0.25, -0.2) is 14.8 Å². The van der Waals surface area contributed by atoms with E-state index in [2.05, 4.69) is 20.1 Å². The van der Waals surface area contributed by atoms with E-state index >= 15 is 0 Å². The molecule has 2 aliphatic rings. The molecule has 0 unspecified atom stereocenters. The summed E-state index contributed by atoms with van der Waals surface area (Å²) in [6, 6.07) is 4.12. The summed E-state index contributed by atoms with van der Waals surface area (Å²) in [5.41, 5.74) is 0.0790. The molecule has 1 aliphatic carbocycles. The van der Waals surface area contributed by atoms with E-state index in [1.807, 2.05) is 15.9 Å². The quantitative estimate of drug-likeness (QED) is 0.368.